The smallest absolute Gasteiger partial charge is 0.0629 e. The molecule has 7 aliphatic carbocycles. The number of allylic oxidation sites excluding steroid dienone is 12. The van der Waals surface area contributed by atoms with E-state index in [1.807, 2.05) is 0 Å². The van der Waals surface area contributed by atoms with E-state index in [1.165, 1.54) is 98.9 Å². The summed E-state index contributed by atoms with van der Waals surface area (Å²) in [6.45, 7) is 5.73. The fourth-order valence-electron chi connectivity index (χ4n) is 12.7. The Labute approximate surface area is 350 Å². The molecule has 0 N–H and O–H groups in total. The van der Waals surface area contributed by atoms with Crippen LogP contribution < -0.4 is 15.5 Å². The van der Waals surface area contributed by atoms with Crippen molar-refractivity contribution in [2.45, 2.75) is 114 Å². The highest BCUT2D eigenvalue weighted by molar-refractivity contribution is 6.09. The topological polar surface area (TPSA) is 20.5 Å². The summed E-state index contributed by atoms with van der Waals surface area (Å²) in [5.74, 6) is 1.30. The van der Waals surface area contributed by atoms with Gasteiger partial charge in [0, 0.05) is 46.2 Å². The van der Waals surface area contributed by atoms with Gasteiger partial charge in [-0.3, -0.25) is 4.99 Å². The highest BCUT2D eigenvalue weighted by Gasteiger charge is 2.41. The number of para-hydroxylation sites is 1. The van der Waals surface area contributed by atoms with Gasteiger partial charge >= 0.3 is 0 Å². The van der Waals surface area contributed by atoms with Gasteiger partial charge in [0.05, 0.1) is 17.8 Å². The number of fused-ring (bicyclic) bond motifs is 8. The molecule has 2 aliphatic heterocycles. The monoisotopic (exact) mass is 771 g/mol. The van der Waals surface area contributed by atoms with E-state index >= 15 is 0 Å². The van der Waals surface area contributed by atoms with Crippen LogP contribution in [0.5, 0.6) is 0 Å². The Hall–Kier alpha value is -5.15. The van der Waals surface area contributed by atoms with Gasteiger partial charge in [-0.2, -0.15) is 0 Å². The second-order valence-corrected chi connectivity index (χ2v) is 19.2. The van der Waals surface area contributed by atoms with Crippen LogP contribution in [-0.4, -0.2) is 22.9 Å². The third kappa shape index (κ3) is 5.70. The van der Waals surface area contributed by atoms with E-state index in [1.54, 1.807) is 16.7 Å². The van der Waals surface area contributed by atoms with Crippen LogP contribution in [0.1, 0.15) is 124 Å². The van der Waals surface area contributed by atoms with Crippen molar-refractivity contribution in [2.75, 3.05) is 11.4 Å². The third-order valence-electron chi connectivity index (χ3n) is 15.6. The van der Waals surface area contributed by atoms with Crippen molar-refractivity contribution in [3.05, 3.63) is 164 Å². The summed E-state index contributed by atoms with van der Waals surface area (Å²) in [4.78, 5) is 7.70. The van der Waals surface area contributed by atoms with Crippen LogP contribution in [0.15, 0.2) is 131 Å². The number of anilines is 2. The van der Waals surface area contributed by atoms with Crippen LogP contribution in [0, 0.1) is 11.8 Å². The number of aromatic nitrogens is 1. The van der Waals surface area contributed by atoms with Crippen LogP contribution in [-0.2, 0) is 11.8 Å². The molecule has 3 heterocycles. The molecule has 0 radical (unpaired) electrons. The third-order valence-corrected chi connectivity index (χ3v) is 15.6. The van der Waals surface area contributed by atoms with E-state index in [4.69, 9.17) is 4.99 Å². The minimum atomic E-state index is 0.0604. The number of dihydropyridines is 1. The Morgan fingerprint density at radius 3 is 2.61 bits per heavy atom. The van der Waals surface area contributed by atoms with Crippen LogP contribution in [0.3, 0.4) is 0 Å². The molecule has 0 saturated carbocycles. The predicted molar refractivity (Wildman–Crippen MR) is 248 cm³/mol. The molecular formula is C56H57N3. The van der Waals surface area contributed by atoms with Crippen molar-refractivity contribution in [3.8, 4) is 0 Å². The number of hydrogen-bond donors (Lipinski definition) is 0. The Balaban J connectivity index is 0.903. The van der Waals surface area contributed by atoms with Crippen molar-refractivity contribution in [1.29, 1.82) is 0 Å². The van der Waals surface area contributed by atoms with Crippen LogP contribution in [0.4, 0.5) is 11.4 Å². The lowest BCUT2D eigenvalue weighted by Crippen LogP contribution is -2.37. The number of rotatable bonds is 5. The molecule has 9 aliphatic rings. The molecule has 0 spiro atoms. The van der Waals surface area contributed by atoms with Gasteiger partial charge in [0.2, 0.25) is 0 Å². The molecule has 296 valence electrons. The molecule has 0 fully saturated rings. The SMILES string of the molecule is CC1(C)C2=C(CCC=C2)c2cc(N3c4ccccc4C4C=C(C5C=c6c7c(n(C8C=C(C9=NCCC=C9)CC(C9=CCCCC9)C8)c6=CC5)C=CCC7)C=CC43)ccc21. The molecule has 59 heavy (non-hydrogen) atoms. The fraction of sp³-hybridized carbons (Fsp3) is 0.375. The summed E-state index contributed by atoms with van der Waals surface area (Å²) in [5.41, 5.74) is 19.1. The van der Waals surface area contributed by atoms with Crippen LogP contribution in [0.25, 0.3) is 23.8 Å². The number of benzene rings is 2. The van der Waals surface area contributed by atoms with Gasteiger partial charge < -0.3 is 9.47 Å². The summed E-state index contributed by atoms with van der Waals surface area (Å²) >= 11 is 0. The van der Waals surface area contributed by atoms with E-state index in [9.17, 15) is 0 Å². The van der Waals surface area contributed by atoms with Gasteiger partial charge in [-0.05, 0) is 163 Å². The van der Waals surface area contributed by atoms with E-state index in [0.29, 0.717) is 23.8 Å². The maximum atomic E-state index is 5.06. The van der Waals surface area contributed by atoms with Crippen molar-refractivity contribution in [2.24, 2.45) is 16.8 Å². The highest BCUT2D eigenvalue weighted by Crippen LogP contribution is 2.54. The zero-order valence-electron chi connectivity index (χ0n) is 35.0. The quantitative estimate of drug-likeness (QED) is 0.237. The largest absolute Gasteiger partial charge is 0.334 e. The molecule has 1 aromatic heterocycles. The van der Waals surface area contributed by atoms with Crippen molar-refractivity contribution in [3.63, 3.8) is 0 Å². The number of nitrogens with zero attached hydrogens (tertiary/aromatic N) is 3. The summed E-state index contributed by atoms with van der Waals surface area (Å²) in [5, 5.41) is 2.96. The Bertz CT molecular complexity index is 2710. The first kappa shape index (κ1) is 35.8. The molecule has 0 saturated heterocycles. The van der Waals surface area contributed by atoms with Crippen molar-refractivity contribution < 1.29 is 0 Å². The van der Waals surface area contributed by atoms with Gasteiger partial charge in [-0.1, -0.05) is 111 Å². The van der Waals surface area contributed by atoms with E-state index in [-0.39, 0.29) is 11.5 Å². The molecule has 0 bridgehead atoms. The second kappa shape index (κ2) is 14.0. The van der Waals surface area contributed by atoms with Gasteiger partial charge in [0.1, 0.15) is 0 Å². The maximum absolute atomic E-state index is 5.06. The second-order valence-electron chi connectivity index (χ2n) is 19.2. The van der Waals surface area contributed by atoms with Gasteiger partial charge in [-0.25, -0.2) is 0 Å². The minimum Gasteiger partial charge on any atom is -0.334 e. The number of hydrogen-bond acceptors (Lipinski definition) is 2. The van der Waals surface area contributed by atoms with Crippen LogP contribution >= 0.6 is 0 Å². The van der Waals surface area contributed by atoms with Gasteiger partial charge in [0.15, 0.2) is 0 Å². The summed E-state index contributed by atoms with van der Waals surface area (Å²) < 4.78 is 2.77. The Morgan fingerprint density at radius 2 is 1.71 bits per heavy atom. The normalized spacial score (nSPS) is 28.2. The fourth-order valence-corrected chi connectivity index (χ4v) is 12.7. The Morgan fingerprint density at radius 1 is 0.814 bits per heavy atom. The van der Waals surface area contributed by atoms with E-state index in [0.717, 1.165) is 51.5 Å². The van der Waals surface area contributed by atoms with Crippen LogP contribution in [0.2, 0.25) is 0 Å². The maximum Gasteiger partial charge on any atom is 0.0629 e. The molecule has 0 amide bonds. The highest BCUT2D eigenvalue weighted by atomic mass is 15.2. The molecule has 2 aromatic carbocycles. The molecule has 3 aromatic rings. The first-order chi connectivity index (χ1) is 29.0. The molecular weight excluding hydrogens is 715 g/mol. The lowest BCUT2D eigenvalue weighted by atomic mass is 9.76. The van der Waals surface area contributed by atoms with E-state index in [2.05, 4.69) is 145 Å². The summed E-state index contributed by atoms with van der Waals surface area (Å²) in [6, 6.07) is 17.2. The van der Waals surface area contributed by atoms with Gasteiger partial charge in [0.25, 0.3) is 0 Å². The molecule has 5 atom stereocenters. The van der Waals surface area contributed by atoms with Crippen molar-refractivity contribution in [1.82, 2.24) is 4.57 Å². The average molecular weight is 772 g/mol. The predicted octanol–water partition coefficient (Wildman–Crippen LogP) is 12.0. The first-order valence-corrected chi connectivity index (χ1v) is 23.1. The standard InChI is InChI=1S/C56H57N3/c1-56(2)49-19-9-6-16-43(49)46-35-41(25-26-50(46)56)58-52-21-10-7-17-44(52)47-33-37(23-27-54(47)58)38-24-28-55-48(34-38)45-18-8-11-22-53(45)59(55)42-31-39(36-14-4-3-5-15-36)30-40(32-42)51-20-12-13-29-57-51/h7,9-12,14,17,19-23,25-28,32-35,38-39,42,47,54H,3-6,8,13,15-16,18,24,29-31H2,1-2H3. The lowest BCUT2D eigenvalue weighted by Gasteiger charge is -2.34. The first-order valence-electron chi connectivity index (χ1n) is 23.1. The summed E-state index contributed by atoms with van der Waals surface area (Å²) in [7, 11) is 0. The molecule has 3 heteroatoms. The van der Waals surface area contributed by atoms with Crippen molar-refractivity contribution >= 4 is 40.9 Å². The average Bonchev–Trinajstić information content (AvgIpc) is 3.89. The molecule has 5 unspecified atom stereocenters. The summed E-state index contributed by atoms with van der Waals surface area (Å²) in [6.07, 6.45) is 46.6. The van der Waals surface area contributed by atoms with Gasteiger partial charge in [-0.15, -0.1) is 0 Å². The number of aliphatic imine (C=N–C) groups is 1. The molecule has 12 rings (SSSR count). The van der Waals surface area contributed by atoms with E-state index < -0.39 is 0 Å². The zero-order valence-corrected chi connectivity index (χ0v) is 35.0. The lowest BCUT2D eigenvalue weighted by molar-refractivity contribution is 0.408. The Kier molecular flexibility index (Phi) is 8.47. The zero-order chi connectivity index (χ0) is 39.2. The minimum absolute atomic E-state index is 0.0604. The molecule has 3 nitrogen and oxygen atoms in total.